The van der Waals surface area contributed by atoms with E-state index in [0.29, 0.717) is 0 Å². The number of aromatic amines is 1. The summed E-state index contributed by atoms with van der Waals surface area (Å²) in [5.74, 6) is 0.820. The van der Waals surface area contributed by atoms with Crippen molar-refractivity contribution in [1.29, 1.82) is 0 Å². The fraction of sp³-hybridized carbons (Fsp3) is 0. The minimum Gasteiger partial charge on any atom is -0.346 e. The summed E-state index contributed by atoms with van der Waals surface area (Å²) in [5, 5.41) is 7.69. The molecular formula is C14H10N4S. The van der Waals surface area contributed by atoms with Gasteiger partial charge >= 0.3 is 0 Å². The van der Waals surface area contributed by atoms with Gasteiger partial charge in [0.2, 0.25) is 0 Å². The lowest BCUT2D eigenvalue weighted by Gasteiger charge is -2.06. The molecule has 2 N–H and O–H groups in total. The van der Waals surface area contributed by atoms with Crippen molar-refractivity contribution < 1.29 is 0 Å². The minimum absolute atomic E-state index is 0.820. The second-order valence-electron chi connectivity index (χ2n) is 4.26. The van der Waals surface area contributed by atoms with Crippen molar-refractivity contribution in [1.82, 2.24) is 15.0 Å². The number of thiophene rings is 1. The number of nitrogens with zero attached hydrogens (tertiary/aromatic N) is 2. The molecule has 4 nitrogen and oxygen atoms in total. The zero-order chi connectivity index (χ0) is 12.7. The quantitative estimate of drug-likeness (QED) is 0.578. The first-order chi connectivity index (χ1) is 9.40. The van der Waals surface area contributed by atoms with Crippen LogP contribution < -0.4 is 5.32 Å². The van der Waals surface area contributed by atoms with E-state index in [-0.39, 0.29) is 0 Å². The Balaban J connectivity index is 1.79. The lowest BCUT2D eigenvalue weighted by atomic mass is 10.2. The molecule has 5 heteroatoms. The summed E-state index contributed by atoms with van der Waals surface area (Å²) in [6.07, 6.45) is 3.43. The zero-order valence-corrected chi connectivity index (χ0v) is 10.7. The van der Waals surface area contributed by atoms with Gasteiger partial charge < -0.3 is 10.3 Å². The molecule has 0 spiro atoms. The van der Waals surface area contributed by atoms with Crippen molar-refractivity contribution in [3.05, 3.63) is 48.2 Å². The van der Waals surface area contributed by atoms with Crippen LogP contribution in [0.1, 0.15) is 0 Å². The molecule has 0 saturated carbocycles. The van der Waals surface area contributed by atoms with E-state index >= 15 is 0 Å². The second kappa shape index (κ2) is 4.07. The first-order valence-electron chi connectivity index (χ1n) is 5.92. The van der Waals surface area contributed by atoms with Crippen molar-refractivity contribution in [2.45, 2.75) is 0 Å². The number of anilines is 2. The third kappa shape index (κ3) is 1.75. The van der Waals surface area contributed by atoms with Gasteiger partial charge in [0.05, 0.1) is 5.39 Å². The predicted molar refractivity (Wildman–Crippen MR) is 79.0 cm³/mol. The summed E-state index contributed by atoms with van der Waals surface area (Å²) in [6.45, 7) is 0. The molecule has 0 atom stereocenters. The maximum atomic E-state index is 4.30. The molecule has 0 aliphatic rings. The average molecular weight is 266 g/mol. The molecule has 3 heterocycles. The molecule has 0 aliphatic heterocycles. The van der Waals surface area contributed by atoms with Gasteiger partial charge in [-0.15, -0.1) is 11.3 Å². The largest absolute Gasteiger partial charge is 0.346 e. The van der Waals surface area contributed by atoms with Crippen molar-refractivity contribution in [2.24, 2.45) is 0 Å². The van der Waals surface area contributed by atoms with Crippen molar-refractivity contribution in [3.8, 4) is 0 Å². The fourth-order valence-electron chi connectivity index (χ4n) is 2.15. The first-order valence-corrected chi connectivity index (χ1v) is 6.80. The monoisotopic (exact) mass is 266 g/mol. The van der Waals surface area contributed by atoms with Crippen LogP contribution in [0.4, 0.5) is 11.5 Å². The highest BCUT2D eigenvalue weighted by atomic mass is 32.1. The lowest BCUT2D eigenvalue weighted by Crippen LogP contribution is -1.94. The van der Waals surface area contributed by atoms with E-state index in [9.17, 15) is 0 Å². The predicted octanol–water partition coefficient (Wildman–Crippen LogP) is 3.92. The molecule has 0 aliphatic carbocycles. The number of hydrogen-bond acceptors (Lipinski definition) is 4. The molecule has 0 radical (unpaired) electrons. The molecule has 0 fully saturated rings. The Hall–Kier alpha value is -2.40. The fourth-order valence-corrected chi connectivity index (χ4v) is 2.92. The molecule has 0 unspecified atom stereocenters. The Morgan fingerprint density at radius 1 is 1.11 bits per heavy atom. The summed E-state index contributed by atoms with van der Waals surface area (Å²) in [7, 11) is 0. The average Bonchev–Trinajstić information content (AvgIpc) is 3.06. The number of benzene rings is 1. The second-order valence-corrected chi connectivity index (χ2v) is 5.21. The van der Waals surface area contributed by atoms with Crippen molar-refractivity contribution in [2.75, 3.05) is 5.32 Å². The number of fused-ring (bicyclic) bond motifs is 2. The third-order valence-electron chi connectivity index (χ3n) is 3.07. The van der Waals surface area contributed by atoms with Gasteiger partial charge in [-0.25, -0.2) is 9.97 Å². The van der Waals surface area contributed by atoms with E-state index in [1.165, 1.54) is 10.1 Å². The highest BCUT2D eigenvalue weighted by Gasteiger charge is 2.05. The molecule has 19 heavy (non-hydrogen) atoms. The summed E-state index contributed by atoms with van der Waals surface area (Å²) in [6, 6.07) is 10.4. The van der Waals surface area contributed by atoms with Crippen LogP contribution in [0.25, 0.3) is 21.1 Å². The highest BCUT2D eigenvalue weighted by molar-refractivity contribution is 7.17. The van der Waals surface area contributed by atoms with Crippen molar-refractivity contribution in [3.63, 3.8) is 0 Å². The third-order valence-corrected chi connectivity index (χ3v) is 3.97. The SMILES string of the molecule is c1nc(Nc2ccc3sccc3c2)c2cc[nH]c2n1. The van der Waals surface area contributed by atoms with E-state index < -0.39 is 0 Å². The zero-order valence-electron chi connectivity index (χ0n) is 9.92. The smallest absolute Gasteiger partial charge is 0.143 e. The molecule has 0 amide bonds. The Morgan fingerprint density at radius 3 is 3.11 bits per heavy atom. The molecule has 3 aromatic heterocycles. The van der Waals surface area contributed by atoms with E-state index in [0.717, 1.165) is 22.5 Å². The van der Waals surface area contributed by atoms with Crippen LogP contribution in [0.3, 0.4) is 0 Å². The van der Waals surface area contributed by atoms with Gasteiger partial charge in [-0.3, -0.25) is 0 Å². The molecule has 92 valence electrons. The van der Waals surface area contributed by atoms with Crippen LogP contribution in [0.2, 0.25) is 0 Å². The van der Waals surface area contributed by atoms with E-state index in [4.69, 9.17) is 0 Å². The van der Waals surface area contributed by atoms with Crippen LogP contribution in [-0.4, -0.2) is 15.0 Å². The molecule has 0 saturated heterocycles. The molecular weight excluding hydrogens is 256 g/mol. The van der Waals surface area contributed by atoms with Crippen LogP contribution >= 0.6 is 11.3 Å². The van der Waals surface area contributed by atoms with Crippen LogP contribution in [-0.2, 0) is 0 Å². The van der Waals surface area contributed by atoms with E-state index in [1.807, 2.05) is 12.3 Å². The normalized spacial score (nSPS) is 11.2. The minimum atomic E-state index is 0.820. The number of rotatable bonds is 2. The number of nitrogens with one attached hydrogen (secondary N) is 2. The standard InChI is InChI=1S/C14H10N4S/c1-2-12-9(4-6-19-12)7-10(1)18-14-11-3-5-15-13(11)16-8-17-14/h1-8H,(H2,15,16,17,18). The first kappa shape index (κ1) is 10.5. The number of H-pyrrole nitrogens is 1. The summed E-state index contributed by atoms with van der Waals surface area (Å²) in [5.41, 5.74) is 1.88. The lowest BCUT2D eigenvalue weighted by molar-refractivity contribution is 1.20. The maximum absolute atomic E-state index is 4.30. The molecule has 4 aromatic rings. The van der Waals surface area contributed by atoms with Crippen LogP contribution in [0.15, 0.2) is 48.2 Å². The highest BCUT2D eigenvalue weighted by Crippen LogP contribution is 2.27. The molecule has 1 aromatic carbocycles. The Kier molecular flexibility index (Phi) is 2.25. The maximum Gasteiger partial charge on any atom is 0.143 e. The summed E-state index contributed by atoms with van der Waals surface area (Å²) < 4.78 is 1.29. The van der Waals surface area contributed by atoms with Crippen LogP contribution in [0, 0.1) is 0 Å². The Labute approximate surface area is 113 Å². The van der Waals surface area contributed by atoms with Crippen LogP contribution in [0.5, 0.6) is 0 Å². The Bertz CT molecular complexity index is 862. The van der Waals surface area contributed by atoms with E-state index in [1.54, 1.807) is 17.7 Å². The summed E-state index contributed by atoms with van der Waals surface area (Å²) in [4.78, 5) is 11.6. The van der Waals surface area contributed by atoms with Gasteiger partial charge in [0.25, 0.3) is 0 Å². The van der Waals surface area contributed by atoms with Gasteiger partial charge in [-0.2, -0.15) is 0 Å². The molecule has 4 rings (SSSR count). The summed E-state index contributed by atoms with van der Waals surface area (Å²) >= 11 is 1.75. The number of aromatic nitrogens is 3. The topological polar surface area (TPSA) is 53.6 Å². The van der Waals surface area contributed by atoms with E-state index in [2.05, 4.69) is 49.9 Å². The van der Waals surface area contributed by atoms with Gasteiger partial charge in [0, 0.05) is 16.6 Å². The number of hydrogen-bond donors (Lipinski definition) is 2. The molecule has 0 bridgehead atoms. The Morgan fingerprint density at radius 2 is 2.11 bits per heavy atom. The van der Waals surface area contributed by atoms with Crippen molar-refractivity contribution >= 4 is 44.0 Å². The van der Waals surface area contributed by atoms with Gasteiger partial charge in [0.1, 0.15) is 17.8 Å². The van der Waals surface area contributed by atoms with Gasteiger partial charge in [-0.1, -0.05) is 0 Å². The van der Waals surface area contributed by atoms with Gasteiger partial charge in [0.15, 0.2) is 0 Å². The van der Waals surface area contributed by atoms with Gasteiger partial charge in [-0.05, 0) is 41.1 Å².